The maximum Gasteiger partial charge on any atom is 0.316 e. The summed E-state index contributed by atoms with van der Waals surface area (Å²) in [4.78, 5) is 16.2. The van der Waals surface area contributed by atoms with E-state index in [1.165, 1.54) is 0 Å². The van der Waals surface area contributed by atoms with Crippen molar-refractivity contribution in [3.05, 3.63) is 18.2 Å². The fraction of sp³-hybridized carbons (Fsp3) is 0.692. The van der Waals surface area contributed by atoms with Gasteiger partial charge in [0.25, 0.3) is 0 Å². The topological polar surface area (TPSA) is 44.1 Å². The van der Waals surface area contributed by atoms with E-state index in [9.17, 15) is 4.79 Å². The van der Waals surface area contributed by atoms with Crippen molar-refractivity contribution in [1.29, 1.82) is 0 Å². The lowest BCUT2D eigenvalue weighted by Gasteiger charge is -2.22. The standard InChI is InChI=1S/C13H22N2O2/c1-6-8-15-9-7-14-11(15)10(2)12(16)17-13(3,4)5/h7,9-10H,6,8H2,1-5H3. The van der Waals surface area contributed by atoms with Gasteiger partial charge in [-0.05, 0) is 34.1 Å². The number of nitrogens with zero attached hydrogens (tertiary/aromatic N) is 2. The molecule has 0 bridgehead atoms. The second-order valence-electron chi connectivity index (χ2n) is 5.23. The molecule has 4 heteroatoms. The number of esters is 1. The van der Waals surface area contributed by atoms with Gasteiger partial charge in [0, 0.05) is 18.9 Å². The van der Waals surface area contributed by atoms with E-state index in [-0.39, 0.29) is 11.9 Å². The first kappa shape index (κ1) is 13.7. The van der Waals surface area contributed by atoms with Crippen LogP contribution in [0.5, 0.6) is 0 Å². The Kier molecular flexibility index (Phi) is 4.32. The number of aromatic nitrogens is 2. The molecule has 1 heterocycles. The fourth-order valence-electron chi connectivity index (χ4n) is 1.63. The molecule has 1 aromatic rings. The van der Waals surface area contributed by atoms with Gasteiger partial charge in [-0.25, -0.2) is 4.98 Å². The maximum atomic E-state index is 11.9. The zero-order chi connectivity index (χ0) is 13.1. The lowest BCUT2D eigenvalue weighted by molar-refractivity contribution is -0.156. The molecule has 1 aromatic heterocycles. The molecule has 1 unspecified atom stereocenters. The highest BCUT2D eigenvalue weighted by Crippen LogP contribution is 2.19. The Hall–Kier alpha value is -1.32. The minimum absolute atomic E-state index is 0.221. The monoisotopic (exact) mass is 238 g/mol. The van der Waals surface area contributed by atoms with E-state index in [1.54, 1.807) is 6.20 Å². The molecule has 0 aliphatic carbocycles. The van der Waals surface area contributed by atoms with Crippen LogP contribution in [-0.4, -0.2) is 21.1 Å². The van der Waals surface area contributed by atoms with Crippen LogP contribution in [0, 0.1) is 0 Å². The van der Waals surface area contributed by atoms with Gasteiger partial charge in [-0.3, -0.25) is 4.79 Å². The Morgan fingerprint density at radius 3 is 2.71 bits per heavy atom. The van der Waals surface area contributed by atoms with Crippen molar-refractivity contribution in [3.63, 3.8) is 0 Å². The number of rotatable bonds is 4. The Morgan fingerprint density at radius 1 is 1.53 bits per heavy atom. The van der Waals surface area contributed by atoms with Crippen LogP contribution < -0.4 is 0 Å². The molecule has 17 heavy (non-hydrogen) atoms. The maximum absolute atomic E-state index is 11.9. The van der Waals surface area contributed by atoms with Crippen molar-refractivity contribution in [1.82, 2.24) is 9.55 Å². The van der Waals surface area contributed by atoms with E-state index in [2.05, 4.69) is 11.9 Å². The quantitative estimate of drug-likeness (QED) is 0.758. The van der Waals surface area contributed by atoms with Crippen LogP contribution in [0.3, 0.4) is 0 Å². The predicted octanol–water partition coefficient (Wildman–Crippen LogP) is 2.74. The molecule has 0 N–H and O–H groups in total. The number of aryl methyl sites for hydroxylation is 1. The number of carbonyl (C=O) groups excluding carboxylic acids is 1. The van der Waals surface area contributed by atoms with Crippen LogP contribution in [0.15, 0.2) is 12.4 Å². The van der Waals surface area contributed by atoms with E-state index < -0.39 is 5.60 Å². The van der Waals surface area contributed by atoms with Gasteiger partial charge in [0.15, 0.2) is 0 Å². The van der Waals surface area contributed by atoms with E-state index in [1.807, 2.05) is 38.5 Å². The van der Waals surface area contributed by atoms with Gasteiger partial charge in [-0.15, -0.1) is 0 Å². The molecule has 0 aromatic carbocycles. The van der Waals surface area contributed by atoms with Crippen molar-refractivity contribution < 1.29 is 9.53 Å². The lowest BCUT2D eigenvalue weighted by atomic mass is 10.1. The van der Waals surface area contributed by atoms with Gasteiger partial charge < -0.3 is 9.30 Å². The summed E-state index contributed by atoms with van der Waals surface area (Å²) in [7, 11) is 0. The van der Waals surface area contributed by atoms with Gasteiger partial charge in [0.05, 0.1) is 0 Å². The first-order valence-corrected chi connectivity index (χ1v) is 6.09. The van der Waals surface area contributed by atoms with Crippen LogP contribution >= 0.6 is 0 Å². The number of ether oxygens (including phenoxy) is 1. The zero-order valence-electron chi connectivity index (χ0n) is 11.4. The molecule has 0 radical (unpaired) electrons. The molecule has 96 valence electrons. The first-order chi connectivity index (χ1) is 7.85. The average molecular weight is 238 g/mol. The third-order valence-corrected chi connectivity index (χ3v) is 2.36. The normalized spacial score (nSPS) is 13.5. The highest BCUT2D eigenvalue weighted by molar-refractivity contribution is 5.77. The van der Waals surface area contributed by atoms with Gasteiger partial charge in [0.2, 0.25) is 0 Å². The molecule has 1 rings (SSSR count). The van der Waals surface area contributed by atoms with E-state index in [4.69, 9.17) is 4.74 Å². The molecular weight excluding hydrogens is 216 g/mol. The zero-order valence-corrected chi connectivity index (χ0v) is 11.4. The summed E-state index contributed by atoms with van der Waals surface area (Å²) in [5, 5.41) is 0. The second kappa shape index (κ2) is 5.34. The van der Waals surface area contributed by atoms with Crippen LogP contribution in [0.1, 0.15) is 52.8 Å². The molecule has 1 atom stereocenters. The summed E-state index contributed by atoms with van der Waals surface area (Å²) in [6.45, 7) is 10.4. The second-order valence-corrected chi connectivity index (χ2v) is 5.23. The van der Waals surface area contributed by atoms with Crippen LogP contribution in [0.25, 0.3) is 0 Å². The summed E-state index contributed by atoms with van der Waals surface area (Å²) in [5.74, 6) is 0.234. The molecule has 0 amide bonds. The highest BCUT2D eigenvalue weighted by Gasteiger charge is 2.25. The third kappa shape index (κ3) is 3.88. The van der Waals surface area contributed by atoms with Crippen LogP contribution in [-0.2, 0) is 16.1 Å². The van der Waals surface area contributed by atoms with Crippen LogP contribution in [0.2, 0.25) is 0 Å². The molecule has 0 saturated heterocycles. The molecular formula is C13H22N2O2. The molecule has 0 saturated carbocycles. The predicted molar refractivity (Wildman–Crippen MR) is 66.8 cm³/mol. The SMILES string of the molecule is CCCn1ccnc1C(C)C(=O)OC(C)(C)C. The third-order valence-electron chi connectivity index (χ3n) is 2.36. The van der Waals surface area contributed by atoms with E-state index >= 15 is 0 Å². The van der Waals surface area contributed by atoms with Crippen LogP contribution in [0.4, 0.5) is 0 Å². The number of hydrogen-bond donors (Lipinski definition) is 0. The van der Waals surface area contributed by atoms with Crippen molar-refractivity contribution in [2.75, 3.05) is 0 Å². The van der Waals surface area contributed by atoms with Gasteiger partial charge >= 0.3 is 5.97 Å². The number of imidazole rings is 1. The lowest BCUT2D eigenvalue weighted by Crippen LogP contribution is -2.28. The Balaban J connectivity index is 2.78. The van der Waals surface area contributed by atoms with Gasteiger partial charge in [-0.2, -0.15) is 0 Å². The summed E-state index contributed by atoms with van der Waals surface area (Å²) in [6, 6.07) is 0. The summed E-state index contributed by atoms with van der Waals surface area (Å²) >= 11 is 0. The summed E-state index contributed by atoms with van der Waals surface area (Å²) in [6.07, 6.45) is 4.65. The summed E-state index contributed by atoms with van der Waals surface area (Å²) in [5.41, 5.74) is -0.451. The highest BCUT2D eigenvalue weighted by atomic mass is 16.6. The summed E-state index contributed by atoms with van der Waals surface area (Å²) < 4.78 is 7.37. The molecule has 0 spiro atoms. The van der Waals surface area contributed by atoms with Crippen molar-refractivity contribution in [3.8, 4) is 0 Å². The smallest absolute Gasteiger partial charge is 0.316 e. The number of hydrogen-bond acceptors (Lipinski definition) is 3. The molecule has 0 aliphatic heterocycles. The average Bonchev–Trinajstić information content (AvgIpc) is 2.62. The van der Waals surface area contributed by atoms with Crippen molar-refractivity contribution in [2.45, 2.75) is 59.1 Å². The van der Waals surface area contributed by atoms with E-state index in [0.717, 1.165) is 18.8 Å². The Bertz CT molecular complexity index is 377. The molecule has 4 nitrogen and oxygen atoms in total. The largest absolute Gasteiger partial charge is 0.459 e. The minimum atomic E-state index is -0.451. The Morgan fingerprint density at radius 2 is 2.18 bits per heavy atom. The molecule has 0 aliphatic rings. The van der Waals surface area contributed by atoms with Crippen molar-refractivity contribution in [2.24, 2.45) is 0 Å². The first-order valence-electron chi connectivity index (χ1n) is 6.09. The fourth-order valence-corrected chi connectivity index (χ4v) is 1.63. The molecule has 0 fully saturated rings. The minimum Gasteiger partial charge on any atom is -0.459 e. The van der Waals surface area contributed by atoms with E-state index in [0.29, 0.717) is 0 Å². The van der Waals surface area contributed by atoms with Gasteiger partial charge in [0.1, 0.15) is 17.3 Å². The van der Waals surface area contributed by atoms with Gasteiger partial charge in [-0.1, -0.05) is 6.92 Å². The number of carbonyl (C=O) groups is 1. The Labute approximate surface area is 103 Å². The van der Waals surface area contributed by atoms with Crippen molar-refractivity contribution >= 4 is 5.97 Å².